The molecular weight excluding hydrogens is 229 g/mol. The minimum Gasteiger partial charge on any atom is -0.299 e. The molecule has 0 fully saturated rings. The van der Waals surface area contributed by atoms with Crippen molar-refractivity contribution in [1.82, 2.24) is 9.55 Å². The van der Waals surface area contributed by atoms with Crippen LogP contribution in [0.15, 0.2) is 48.8 Å². The first-order valence-electron chi connectivity index (χ1n) is 5.41. The molecule has 0 spiro atoms. The van der Waals surface area contributed by atoms with Gasteiger partial charge >= 0.3 is 0 Å². The quantitative estimate of drug-likeness (QED) is 0.652. The Kier molecular flexibility index (Phi) is 2.31. The molecule has 0 aliphatic rings. The summed E-state index contributed by atoms with van der Waals surface area (Å²) in [5.41, 5.74) is 2.61. The molecule has 0 saturated carbocycles. The molecular formula is C14H8FN3. The Hall–Kier alpha value is -2.67. The van der Waals surface area contributed by atoms with Crippen LogP contribution < -0.4 is 0 Å². The van der Waals surface area contributed by atoms with Crippen LogP contribution >= 0.6 is 0 Å². The van der Waals surface area contributed by atoms with Gasteiger partial charge in [0.05, 0.1) is 28.4 Å². The second-order valence-electron chi connectivity index (χ2n) is 3.91. The van der Waals surface area contributed by atoms with Crippen molar-refractivity contribution >= 4 is 11.0 Å². The van der Waals surface area contributed by atoms with E-state index in [1.807, 2.05) is 30.3 Å². The summed E-state index contributed by atoms with van der Waals surface area (Å²) in [4.78, 5) is 4.24. The third kappa shape index (κ3) is 1.62. The molecule has 0 aliphatic heterocycles. The number of hydrogen-bond acceptors (Lipinski definition) is 2. The van der Waals surface area contributed by atoms with Gasteiger partial charge in [0.1, 0.15) is 12.1 Å². The maximum atomic E-state index is 13.4. The molecule has 0 bridgehead atoms. The summed E-state index contributed by atoms with van der Waals surface area (Å²) >= 11 is 0. The van der Waals surface area contributed by atoms with Gasteiger partial charge in [-0.05, 0) is 30.3 Å². The number of hydrogen-bond donors (Lipinski definition) is 0. The summed E-state index contributed by atoms with van der Waals surface area (Å²) < 4.78 is 15.2. The molecule has 1 aromatic heterocycles. The highest BCUT2D eigenvalue weighted by Gasteiger charge is 2.06. The third-order valence-corrected chi connectivity index (χ3v) is 2.74. The van der Waals surface area contributed by atoms with E-state index in [0.29, 0.717) is 11.3 Å². The number of halogens is 1. The maximum absolute atomic E-state index is 13.4. The average molecular weight is 237 g/mol. The number of nitriles is 1. The molecule has 86 valence electrons. The van der Waals surface area contributed by atoms with Crippen LogP contribution in [0.2, 0.25) is 0 Å². The fourth-order valence-corrected chi connectivity index (χ4v) is 1.94. The van der Waals surface area contributed by atoms with Crippen LogP contribution in [0.25, 0.3) is 16.7 Å². The third-order valence-electron chi connectivity index (χ3n) is 2.74. The summed E-state index contributed by atoms with van der Waals surface area (Å²) in [5, 5.41) is 8.86. The molecule has 0 amide bonds. The summed E-state index contributed by atoms with van der Waals surface area (Å²) in [6, 6.07) is 13.8. The molecule has 1 heterocycles. The van der Waals surface area contributed by atoms with Crippen molar-refractivity contribution in [2.24, 2.45) is 0 Å². The van der Waals surface area contributed by atoms with E-state index in [2.05, 4.69) is 4.98 Å². The molecule has 0 N–H and O–H groups in total. The molecule has 0 unspecified atom stereocenters. The smallest absolute Gasteiger partial charge is 0.126 e. The molecule has 0 atom stereocenters. The molecule has 0 saturated heterocycles. The van der Waals surface area contributed by atoms with Crippen LogP contribution in [0.1, 0.15) is 5.56 Å². The van der Waals surface area contributed by atoms with Crippen molar-refractivity contribution in [2.75, 3.05) is 0 Å². The first-order valence-corrected chi connectivity index (χ1v) is 5.41. The Morgan fingerprint density at radius 2 is 2.00 bits per heavy atom. The Balaban J connectivity index is 2.27. The molecule has 2 aromatic carbocycles. The van der Waals surface area contributed by atoms with Crippen LogP contribution in [-0.2, 0) is 0 Å². The van der Waals surface area contributed by atoms with Gasteiger partial charge in [-0.15, -0.1) is 0 Å². The highest BCUT2D eigenvalue weighted by Crippen LogP contribution is 2.19. The average Bonchev–Trinajstić information content (AvgIpc) is 2.81. The van der Waals surface area contributed by atoms with Gasteiger partial charge in [0.15, 0.2) is 0 Å². The second-order valence-corrected chi connectivity index (χ2v) is 3.91. The maximum Gasteiger partial charge on any atom is 0.126 e. The van der Waals surface area contributed by atoms with E-state index in [-0.39, 0.29) is 0 Å². The van der Waals surface area contributed by atoms with Gasteiger partial charge in [-0.3, -0.25) is 4.57 Å². The number of para-hydroxylation sites is 2. The number of rotatable bonds is 1. The highest BCUT2D eigenvalue weighted by atomic mass is 19.1. The summed E-state index contributed by atoms with van der Waals surface area (Å²) in [6.07, 6.45) is 1.63. The largest absolute Gasteiger partial charge is 0.299 e. The predicted octanol–water partition coefficient (Wildman–Crippen LogP) is 3.04. The molecule has 0 radical (unpaired) electrons. The van der Waals surface area contributed by atoms with Crippen LogP contribution in [0, 0.1) is 17.1 Å². The minimum atomic E-state index is -0.429. The minimum absolute atomic E-state index is 0.294. The van der Waals surface area contributed by atoms with Crippen LogP contribution in [-0.4, -0.2) is 9.55 Å². The standard InChI is InChI=1S/C14H8FN3/c15-11-5-10(8-16)6-12(7-11)18-9-17-13-3-1-2-4-14(13)18/h1-7,9H. The number of aromatic nitrogens is 2. The predicted molar refractivity (Wildman–Crippen MR) is 65.7 cm³/mol. The molecule has 18 heavy (non-hydrogen) atoms. The molecule has 0 aliphatic carbocycles. The van der Waals surface area contributed by atoms with Crippen molar-refractivity contribution in [2.45, 2.75) is 0 Å². The van der Waals surface area contributed by atoms with Gasteiger partial charge in [-0.25, -0.2) is 9.37 Å². The molecule has 3 rings (SSSR count). The zero-order chi connectivity index (χ0) is 12.5. The molecule has 3 nitrogen and oxygen atoms in total. The Labute approximate surface area is 103 Å². The topological polar surface area (TPSA) is 41.6 Å². The number of benzene rings is 2. The van der Waals surface area contributed by atoms with Gasteiger partial charge in [0, 0.05) is 0 Å². The lowest BCUT2D eigenvalue weighted by Crippen LogP contribution is -1.94. The van der Waals surface area contributed by atoms with Gasteiger partial charge in [-0.1, -0.05) is 12.1 Å². The zero-order valence-corrected chi connectivity index (χ0v) is 9.34. The van der Waals surface area contributed by atoms with Gasteiger partial charge in [0.2, 0.25) is 0 Å². The van der Waals surface area contributed by atoms with E-state index < -0.39 is 5.82 Å². The summed E-state index contributed by atoms with van der Waals surface area (Å²) in [5.74, 6) is -0.429. The van der Waals surface area contributed by atoms with E-state index in [9.17, 15) is 4.39 Å². The Bertz CT molecular complexity index is 768. The molecule has 4 heteroatoms. The summed E-state index contributed by atoms with van der Waals surface area (Å²) in [7, 11) is 0. The second kappa shape index (κ2) is 3.97. The lowest BCUT2D eigenvalue weighted by molar-refractivity contribution is 0.626. The first kappa shape index (κ1) is 10.5. The van der Waals surface area contributed by atoms with Crippen molar-refractivity contribution in [3.05, 3.63) is 60.2 Å². The Morgan fingerprint density at radius 1 is 1.17 bits per heavy atom. The van der Waals surface area contributed by atoms with E-state index in [4.69, 9.17) is 5.26 Å². The van der Waals surface area contributed by atoms with E-state index in [1.54, 1.807) is 17.0 Å². The van der Waals surface area contributed by atoms with E-state index in [1.165, 1.54) is 12.1 Å². The Morgan fingerprint density at radius 3 is 2.83 bits per heavy atom. The van der Waals surface area contributed by atoms with Crippen LogP contribution in [0.3, 0.4) is 0 Å². The van der Waals surface area contributed by atoms with Crippen molar-refractivity contribution in [1.29, 1.82) is 5.26 Å². The SMILES string of the molecule is N#Cc1cc(F)cc(-n2cnc3ccccc32)c1. The fraction of sp³-hybridized carbons (Fsp3) is 0. The van der Waals surface area contributed by atoms with Crippen molar-refractivity contribution < 1.29 is 4.39 Å². The normalized spacial score (nSPS) is 10.4. The van der Waals surface area contributed by atoms with Gasteiger partial charge in [0.25, 0.3) is 0 Å². The van der Waals surface area contributed by atoms with E-state index in [0.717, 1.165) is 11.0 Å². The van der Waals surface area contributed by atoms with Crippen molar-refractivity contribution in [3.63, 3.8) is 0 Å². The number of imidazole rings is 1. The summed E-state index contributed by atoms with van der Waals surface area (Å²) in [6.45, 7) is 0. The first-order chi connectivity index (χ1) is 8.78. The van der Waals surface area contributed by atoms with Crippen LogP contribution in [0.4, 0.5) is 4.39 Å². The van der Waals surface area contributed by atoms with Crippen LogP contribution in [0.5, 0.6) is 0 Å². The highest BCUT2D eigenvalue weighted by molar-refractivity contribution is 5.77. The van der Waals surface area contributed by atoms with E-state index >= 15 is 0 Å². The lowest BCUT2D eigenvalue weighted by atomic mass is 10.2. The lowest BCUT2D eigenvalue weighted by Gasteiger charge is -2.04. The fourth-order valence-electron chi connectivity index (χ4n) is 1.94. The van der Waals surface area contributed by atoms with Gasteiger partial charge < -0.3 is 0 Å². The zero-order valence-electron chi connectivity index (χ0n) is 9.34. The van der Waals surface area contributed by atoms with Gasteiger partial charge in [-0.2, -0.15) is 5.26 Å². The molecule has 3 aromatic rings. The monoisotopic (exact) mass is 237 g/mol. The number of fused-ring (bicyclic) bond motifs is 1. The number of nitrogens with zero attached hydrogens (tertiary/aromatic N) is 3. The van der Waals surface area contributed by atoms with Crippen molar-refractivity contribution in [3.8, 4) is 11.8 Å².